The number of aromatic nitrogens is 5. The van der Waals surface area contributed by atoms with Gasteiger partial charge < -0.3 is 10.4 Å². The van der Waals surface area contributed by atoms with Crippen LogP contribution in [0.5, 0.6) is 0 Å². The molecule has 20 heavy (non-hydrogen) atoms. The lowest BCUT2D eigenvalue weighted by Gasteiger charge is -2.04. The molecule has 0 fully saturated rings. The Hall–Kier alpha value is -2.71. The monoisotopic (exact) mass is 278 g/mol. The fraction of sp³-hybridized carbons (Fsp3) is 0.364. The molecule has 2 heterocycles. The Morgan fingerprint density at radius 1 is 1.45 bits per heavy atom. The van der Waals surface area contributed by atoms with Gasteiger partial charge in [-0.1, -0.05) is 5.21 Å². The van der Waals surface area contributed by atoms with Crippen molar-refractivity contribution in [1.29, 1.82) is 0 Å². The fourth-order valence-corrected chi connectivity index (χ4v) is 1.61. The Morgan fingerprint density at radius 2 is 2.20 bits per heavy atom. The summed E-state index contributed by atoms with van der Waals surface area (Å²) in [4.78, 5) is 22.5. The topological polar surface area (TPSA) is 115 Å². The second-order valence-corrected chi connectivity index (χ2v) is 4.20. The zero-order chi connectivity index (χ0) is 14.7. The van der Waals surface area contributed by atoms with Crippen molar-refractivity contribution in [3.8, 4) is 0 Å². The summed E-state index contributed by atoms with van der Waals surface area (Å²) >= 11 is 0. The zero-order valence-corrected chi connectivity index (χ0v) is 11.1. The highest BCUT2D eigenvalue weighted by molar-refractivity contribution is 5.94. The summed E-state index contributed by atoms with van der Waals surface area (Å²) in [7, 11) is 1.76. The fourth-order valence-electron chi connectivity index (χ4n) is 1.61. The smallest absolute Gasteiger partial charge is 0.358 e. The van der Waals surface area contributed by atoms with Gasteiger partial charge in [-0.2, -0.15) is 5.10 Å². The molecule has 2 aromatic rings. The first kappa shape index (κ1) is 13.7. The number of nitrogens with one attached hydrogen (secondary N) is 1. The van der Waals surface area contributed by atoms with Crippen LogP contribution < -0.4 is 5.32 Å². The number of aryl methyl sites for hydroxylation is 1. The Morgan fingerprint density at radius 3 is 2.75 bits per heavy atom. The van der Waals surface area contributed by atoms with Gasteiger partial charge in [-0.25, -0.2) is 9.48 Å². The third-order valence-corrected chi connectivity index (χ3v) is 2.86. The van der Waals surface area contributed by atoms with Crippen LogP contribution in [0.3, 0.4) is 0 Å². The molecule has 1 amide bonds. The molecule has 0 bridgehead atoms. The summed E-state index contributed by atoms with van der Waals surface area (Å²) in [5, 5.41) is 22.5. The molecular formula is C11H14N6O3. The Kier molecular flexibility index (Phi) is 3.78. The number of carboxylic acids is 1. The molecule has 2 aromatic heterocycles. The van der Waals surface area contributed by atoms with E-state index in [1.54, 1.807) is 18.7 Å². The first-order valence-corrected chi connectivity index (χ1v) is 5.89. The van der Waals surface area contributed by atoms with Crippen molar-refractivity contribution >= 4 is 11.9 Å². The molecule has 0 aliphatic rings. The summed E-state index contributed by atoms with van der Waals surface area (Å²) in [5.74, 6) is -1.36. The molecule has 0 unspecified atom stereocenters. The maximum Gasteiger partial charge on any atom is 0.358 e. The highest BCUT2D eigenvalue weighted by Gasteiger charge is 2.12. The van der Waals surface area contributed by atoms with Crippen LogP contribution in [0.1, 0.15) is 26.5 Å². The highest BCUT2D eigenvalue weighted by atomic mass is 16.4. The van der Waals surface area contributed by atoms with Gasteiger partial charge in [0.2, 0.25) is 0 Å². The van der Waals surface area contributed by atoms with Crippen LogP contribution in [0.15, 0.2) is 12.4 Å². The van der Waals surface area contributed by atoms with Crippen LogP contribution in [-0.2, 0) is 13.6 Å². The van der Waals surface area contributed by atoms with E-state index in [2.05, 4.69) is 20.7 Å². The number of rotatable bonds is 5. The van der Waals surface area contributed by atoms with E-state index < -0.39 is 5.97 Å². The van der Waals surface area contributed by atoms with E-state index in [-0.39, 0.29) is 11.6 Å². The summed E-state index contributed by atoms with van der Waals surface area (Å²) in [6.45, 7) is 2.46. The number of carbonyl (C=O) groups is 2. The minimum atomic E-state index is -1.13. The van der Waals surface area contributed by atoms with Gasteiger partial charge in [-0.05, 0) is 6.92 Å². The van der Waals surface area contributed by atoms with Crippen LogP contribution in [0.25, 0.3) is 0 Å². The Balaban J connectivity index is 1.88. The minimum Gasteiger partial charge on any atom is -0.476 e. The van der Waals surface area contributed by atoms with Crippen LogP contribution >= 0.6 is 0 Å². The van der Waals surface area contributed by atoms with Crippen molar-refractivity contribution in [3.05, 3.63) is 29.3 Å². The first-order valence-electron chi connectivity index (χ1n) is 5.89. The molecule has 0 aliphatic carbocycles. The van der Waals surface area contributed by atoms with Gasteiger partial charge in [0.1, 0.15) is 0 Å². The predicted octanol–water partition coefficient (Wildman–Crippen LogP) is -0.552. The van der Waals surface area contributed by atoms with Crippen molar-refractivity contribution in [1.82, 2.24) is 30.1 Å². The van der Waals surface area contributed by atoms with E-state index in [0.29, 0.717) is 18.7 Å². The maximum absolute atomic E-state index is 11.9. The lowest BCUT2D eigenvalue weighted by atomic mass is 10.2. The normalized spacial score (nSPS) is 10.5. The summed E-state index contributed by atoms with van der Waals surface area (Å²) in [6.07, 6.45) is 2.81. The number of hydrogen-bond donors (Lipinski definition) is 2. The highest BCUT2D eigenvalue weighted by Crippen LogP contribution is 2.04. The van der Waals surface area contributed by atoms with Crippen molar-refractivity contribution in [2.45, 2.75) is 13.5 Å². The van der Waals surface area contributed by atoms with Gasteiger partial charge in [-0.3, -0.25) is 9.48 Å². The number of hydrogen-bond acceptors (Lipinski definition) is 5. The summed E-state index contributed by atoms with van der Waals surface area (Å²) in [6, 6.07) is 0. The number of amides is 1. The lowest BCUT2D eigenvalue weighted by Crippen LogP contribution is -2.27. The zero-order valence-electron chi connectivity index (χ0n) is 11.1. The molecule has 0 spiro atoms. The van der Waals surface area contributed by atoms with Gasteiger partial charge in [0, 0.05) is 19.3 Å². The second-order valence-electron chi connectivity index (χ2n) is 4.20. The van der Waals surface area contributed by atoms with Crippen molar-refractivity contribution in [2.24, 2.45) is 7.05 Å². The minimum absolute atomic E-state index is 0.126. The average Bonchev–Trinajstić information content (AvgIpc) is 2.98. The summed E-state index contributed by atoms with van der Waals surface area (Å²) in [5.41, 5.74) is 1.16. The third-order valence-electron chi connectivity index (χ3n) is 2.86. The number of aromatic carboxylic acids is 1. The molecule has 2 rings (SSSR count). The first-order chi connectivity index (χ1) is 9.49. The van der Waals surface area contributed by atoms with Gasteiger partial charge >= 0.3 is 5.97 Å². The van der Waals surface area contributed by atoms with Crippen molar-refractivity contribution in [3.63, 3.8) is 0 Å². The van der Waals surface area contributed by atoms with Crippen LogP contribution in [-0.4, -0.2) is 48.3 Å². The van der Waals surface area contributed by atoms with E-state index in [1.807, 2.05) is 0 Å². The largest absolute Gasteiger partial charge is 0.476 e. The molecule has 106 valence electrons. The SMILES string of the molecule is Cc1c(C(=O)NCCn2cc(C(=O)O)nn2)cnn1C. The van der Waals surface area contributed by atoms with E-state index in [1.165, 1.54) is 17.1 Å². The lowest BCUT2D eigenvalue weighted by molar-refractivity contribution is 0.0690. The van der Waals surface area contributed by atoms with Crippen LogP contribution in [0, 0.1) is 6.92 Å². The van der Waals surface area contributed by atoms with E-state index in [9.17, 15) is 9.59 Å². The van der Waals surface area contributed by atoms with Crippen molar-refractivity contribution < 1.29 is 14.7 Å². The summed E-state index contributed by atoms with van der Waals surface area (Å²) < 4.78 is 2.98. The number of carboxylic acid groups (broad SMARTS) is 1. The average molecular weight is 278 g/mol. The maximum atomic E-state index is 11.9. The van der Waals surface area contributed by atoms with Gasteiger partial charge in [0.15, 0.2) is 5.69 Å². The molecule has 0 radical (unpaired) electrons. The van der Waals surface area contributed by atoms with E-state index >= 15 is 0 Å². The quantitative estimate of drug-likeness (QED) is 0.758. The van der Waals surface area contributed by atoms with Crippen LogP contribution in [0.2, 0.25) is 0 Å². The van der Waals surface area contributed by atoms with Gasteiger partial charge in [-0.15, -0.1) is 5.10 Å². The molecule has 9 nitrogen and oxygen atoms in total. The molecule has 0 atom stereocenters. The second kappa shape index (κ2) is 5.51. The van der Waals surface area contributed by atoms with Crippen LogP contribution in [0.4, 0.5) is 0 Å². The molecule has 0 saturated heterocycles. The molecule has 0 aromatic carbocycles. The Labute approximate surface area is 114 Å². The number of carbonyl (C=O) groups excluding carboxylic acids is 1. The Bertz CT molecular complexity index is 644. The predicted molar refractivity (Wildman–Crippen MR) is 67.3 cm³/mol. The van der Waals surface area contributed by atoms with Gasteiger partial charge in [0.05, 0.1) is 24.5 Å². The molecule has 2 N–H and O–H groups in total. The van der Waals surface area contributed by atoms with E-state index in [4.69, 9.17) is 5.11 Å². The molecule has 0 aliphatic heterocycles. The van der Waals surface area contributed by atoms with E-state index in [0.717, 1.165) is 5.69 Å². The molecule has 0 saturated carbocycles. The molecular weight excluding hydrogens is 264 g/mol. The third kappa shape index (κ3) is 2.82. The standard InChI is InChI=1S/C11H14N6O3/c1-7-8(5-13-16(7)2)10(18)12-3-4-17-6-9(11(19)20)14-15-17/h5-6H,3-4H2,1-2H3,(H,12,18)(H,19,20). The number of nitrogens with zero attached hydrogens (tertiary/aromatic N) is 5. The van der Waals surface area contributed by atoms with Crippen molar-refractivity contribution in [2.75, 3.05) is 6.54 Å². The molecule has 9 heteroatoms. The van der Waals surface area contributed by atoms with Gasteiger partial charge in [0.25, 0.3) is 5.91 Å².